The van der Waals surface area contributed by atoms with Crippen LogP contribution in [0.4, 0.5) is 0 Å². The van der Waals surface area contributed by atoms with E-state index in [-0.39, 0.29) is 11.7 Å². The molecule has 1 aliphatic carbocycles. The fourth-order valence-electron chi connectivity index (χ4n) is 2.71. The molecule has 1 aromatic heterocycles. The van der Waals surface area contributed by atoms with Crippen molar-refractivity contribution in [2.24, 2.45) is 5.92 Å². The van der Waals surface area contributed by atoms with Gasteiger partial charge in [-0.1, -0.05) is 12.1 Å². The van der Waals surface area contributed by atoms with E-state index >= 15 is 0 Å². The van der Waals surface area contributed by atoms with Gasteiger partial charge in [-0.05, 0) is 52.4 Å². The summed E-state index contributed by atoms with van der Waals surface area (Å²) in [6, 6.07) is 0. The zero-order valence-corrected chi connectivity index (χ0v) is 12.8. The van der Waals surface area contributed by atoms with E-state index in [4.69, 9.17) is 9.26 Å². The van der Waals surface area contributed by atoms with Crippen LogP contribution < -0.4 is 0 Å². The van der Waals surface area contributed by atoms with Crippen molar-refractivity contribution >= 4 is 5.78 Å². The van der Waals surface area contributed by atoms with E-state index < -0.39 is 5.60 Å². The van der Waals surface area contributed by atoms with Crippen molar-refractivity contribution in [1.29, 1.82) is 0 Å². The van der Waals surface area contributed by atoms with Crippen LogP contribution in [-0.2, 0) is 15.1 Å². The summed E-state index contributed by atoms with van der Waals surface area (Å²) in [5.74, 6) is 1.39. The molecule has 1 aromatic rings. The second kappa shape index (κ2) is 6.04. The van der Waals surface area contributed by atoms with E-state index in [9.17, 15) is 4.79 Å². The summed E-state index contributed by atoms with van der Waals surface area (Å²) in [5, 5.41) is 4.10. The number of ketones is 1. The fourth-order valence-corrected chi connectivity index (χ4v) is 2.71. The lowest BCUT2D eigenvalue weighted by molar-refractivity contribution is -0.118. The van der Waals surface area contributed by atoms with E-state index in [0.717, 1.165) is 25.7 Å². The summed E-state index contributed by atoms with van der Waals surface area (Å²) in [5.41, 5.74) is -0.431. The zero-order valence-electron chi connectivity index (χ0n) is 12.8. The van der Waals surface area contributed by atoms with Gasteiger partial charge in [0.2, 0.25) is 11.7 Å². The number of hydrogen-bond donors (Lipinski definition) is 0. The number of nitrogens with zero attached hydrogens (tertiary/aromatic N) is 2. The van der Waals surface area contributed by atoms with Crippen LogP contribution in [0.3, 0.4) is 0 Å². The molecule has 1 atom stereocenters. The number of rotatable bonds is 5. The summed E-state index contributed by atoms with van der Waals surface area (Å²) in [6.45, 7) is 8.19. The van der Waals surface area contributed by atoms with E-state index in [1.807, 2.05) is 6.92 Å². The Morgan fingerprint density at radius 1 is 1.50 bits per heavy atom. The number of aromatic nitrogens is 2. The molecule has 0 aliphatic heterocycles. The molecule has 1 aliphatic rings. The standard InChI is InChI=1S/C15H24N2O3/c1-5-19-15(8-6-10(2)7-9-15)14-16-13(20-17-14)11(3)12(4)18/h10-11H,5-9H2,1-4H3. The maximum atomic E-state index is 11.4. The van der Waals surface area contributed by atoms with Crippen LogP contribution in [-0.4, -0.2) is 22.5 Å². The maximum Gasteiger partial charge on any atom is 0.237 e. The van der Waals surface area contributed by atoms with Gasteiger partial charge in [0.05, 0.1) is 5.92 Å². The molecule has 0 aromatic carbocycles. The summed E-state index contributed by atoms with van der Waals surface area (Å²) in [4.78, 5) is 15.9. The quantitative estimate of drug-likeness (QED) is 0.828. The molecule has 5 nitrogen and oxygen atoms in total. The number of Topliss-reactive ketones (excluding diaryl/α,β-unsaturated/α-hetero) is 1. The summed E-state index contributed by atoms with van der Waals surface area (Å²) < 4.78 is 11.3. The van der Waals surface area contributed by atoms with Crippen molar-refractivity contribution in [2.75, 3.05) is 6.61 Å². The predicted molar refractivity (Wildman–Crippen MR) is 74.3 cm³/mol. The van der Waals surface area contributed by atoms with Crippen LogP contribution in [0.25, 0.3) is 0 Å². The van der Waals surface area contributed by atoms with Gasteiger partial charge in [0.15, 0.2) is 0 Å². The lowest BCUT2D eigenvalue weighted by atomic mass is 9.79. The van der Waals surface area contributed by atoms with Gasteiger partial charge >= 0.3 is 0 Å². The molecule has 5 heteroatoms. The Kier molecular flexibility index (Phi) is 4.58. The van der Waals surface area contributed by atoms with Crippen LogP contribution in [0.15, 0.2) is 4.52 Å². The summed E-state index contributed by atoms with van der Waals surface area (Å²) >= 11 is 0. The number of ether oxygens (including phenoxy) is 1. The molecular weight excluding hydrogens is 256 g/mol. The molecule has 20 heavy (non-hydrogen) atoms. The molecule has 0 saturated heterocycles. The summed E-state index contributed by atoms with van der Waals surface area (Å²) in [6.07, 6.45) is 4.03. The Hall–Kier alpha value is -1.23. The monoisotopic (exact) mass is 280 g/mol. The largest absolute Gasteiger partial charge is 0.367 e. The topological polar surface area (TPSA) is 65.2 Å². The van der Waals surface area contributed by atoms with E-state index in [2.05, 4.69) is 17.1 Å². The van der Waals surface area contributed by atoms with Crippen molar-refractivity contribution in [1.82, 2.24) is 10.1 Å². The lowest BCUT2D eigenvalue weighted by Gasteiger charge is -2.36. The van der Waals surface area contributed by atoms with Crippen molar-refractivity contribution < 1.29 is 14.1 Å². The van der Waals surface area contributed by atoms with E-state index in [1.165, 1.54) is 6.92 Å². The van der Waals surface area contributed by atoms with Gasteiger partial charge in [0, 0.05) is 6.61 Å². The second-order valence-electron chi connectivity index (χ2n) is 5.90. The lowest BCUT2D eigenvalue weighted by Crippen LogP contribution is -2.35. The average molecular weight is 280 g/mol. The van der Waals surface area contributed by atoms with Gasteiger partial charge in [-0.2, -0.15) is 4.98 Å². The Morgan fingerprint density at radius 3 is 2.70 bits per heavy atom. The Labute approximate surface area is 120 Å². The first-order chi connectivity index (χ1) is 9.48. The van der Waals surface area contributed by atoms with Crippen LogP contribution in [0.1, 0.15) is 71.0 Å². The van der Waals surface area contributed by atoms with E-state index in [0.29, 0.717) is 24.2 Å². The Bertz CT molecular complexity index is 461. The molecule has 1 heterocycles. The number of hydrogen-bond acceptors (Lipinski definition) is 5. The highest BCUT2D eigenvalue weighted by Crippen LogP contribution is 2.41. The molecule has 1 saturated carbocycles. The molecule has 0 amide bonds. The number of carbonyl (C=O) groups is 1. The first-order valence-corrected chi connectivity index (χ1v) is 7.47. The van der Waals surface area contributed by atoms with Crippen molar-refractivity contribution in [3.8, 4) is 0 Å². The molecule has 0 N–H and O–H groups in total. The molecule has 1 fully saturated rings. The van der Waals surface area contributed by atoms with Crippen LogP contribution in [0, 0.1) is 5.92 Å². The Balaban J connectivity index is 2.24. The first kappa shape index (κ1) is 15.2. The highest BCUT2D eigenvalue weighted by Gasteiger charge is 2.41. The van der Waals surface area contributed by atoms with E-state index in [1.54, 1.807) is 6.92 Å². The zero-order chi connectivity index (χ0) is 14.8. The van der Waals surface area contributed by atoms with Crippen molar-refractivity contribution in [2.45, 2.75) is 64.9 Å². The highest BCUT2D eigenvalue weighted by molar-refractivity contribution is 5.81. The van der Waals surface area contributed by atoms with Gasteiger partial charge < -0.3 is 9.26 Å². The summed E-state index contributed by atoms with van der Waals surface area (Å²) in [7, 11) is 0. The van der Waals surface area contributed by atoms with Crippen molar-refractivity contribution in [3.05, 3.63) is 11.7 Å². The van der Waals surface area contributed by atoms with Gasteiger partial charge in [-0.25, -0.2) is 0 Å². The average Bonchev–Trinajstić information content (AvgIpc) is 2.91. The first-order valence-electron chi connectivity index (χ1n) is 7.47. The van der Waals surface area contributed by atoms with Gasteiger partial charge in [0.1, 0.15) is 11.4 Å². The fraction of sp³-hybridized carbons (Fsp3) is 0.800. The molecular formula is C15H24N2O3. The van der Waals surface area contributed by atoms with Gasteiger partial charge in [-0.3, -0.25) is 4.79 Å². The third kappa shape index (κ3) is 2.92. The smallest absolute Gasteiger partial charge is 0.237 e. The highest BCUT2D eigenvalue weighted by atomic mass is 16.5. The molecule has 2 rings (SSSR count). The molecule has 1 unspecified atom stereocenters. The minimum atomic E-state index is -0.431. The minimum absolute atomic E-state index is 0.0305. The number of carbonyl (C=O) groups excluding carboxylic acids is 1. The van der Waals surface area contributed by atoms with Crippen LogP contribution >= 0.6 is 0 Å². The van der Waals surface area contributed by atoms with Gasteiger partial charge in [0.25, 0.3) is 0 Å². The Morgan fingerprint density at radius 2 is 2.15 bits per heavy atom. The SMILES string of the molecule is CCOC1(c2noc(C(C)C(C)=O)n2)CCC(C)CC1. The molecule has 112 valence electrons. The normalized spacial score (nSPS) is 28.3. The maximum absolute atomic E-state index is 11.4. The van der Waals surface area contributed by atoms with Crippen molar-refractivity contribution in [3.63, 3.8) is 0 Å². The molecule has 0 bridgehead atoms. The predicted octanol–water partition coefficient (Wildman–Crippen LogP) is 3.20. The third-order valence-corrected chi connectivity index (χ3v) is 4.33. The van der Waals surface area contributed by atoms with Gasteiger partial charge in [-0.15, -0.1) is 0 Å². The second-order valence-corrected chi connectivity index (χ2v) is 5.90. The molecule has 0 radical (unpaired) electrons. The molecule has 0 spiro atoms. The van der Waals surface area contributed by atoms with Crippen LogP contribution in [0.2, 0.25) is 0 Å². The third-order valence-electron chi connectivity index (χ3n) is 4.33. The van der Waals surface area contributed by atoms with Crippen LogP contribution in [0.5, 0.6) is 0 Å². The minimum Gasteiger partial charge on any atom is -0.367 e.